The molecule has 0 spiro atoms. The maximum atomic E-state index is 13.5. The van der Waals surface area contributed by atoms with E-state index in [-0.39, 0.29) is 43.7 Å². The molecule has 0 aromatic heterocycles. The van der Waals surface area contributed by atoms with Crippen molar-refractivity contribution < 1.29 is 28.6 Å². The number of ether oxygens (including phenoxy) is 3. The van der Waals surface area contributed by atoms with E-state index in [2.05, 4.69) is 5.32 Å². The van der Waals surface area contributed by atoms with Gasteiger partial charge in [-0.15, -0.1) is 0 Å². The molecule has 1 aliphatic rings. The molecule has 1 aliphatic heterocycles. The summed E-state index contributed by atoms with van der Waals surface area (Å²) >= 11 is 0. The topological polar surface area (TPSA) is 94.2 Å². The minimum atomic E-state index is -1.23. The van der Waals surface area contributed by atoms with Crippen LogP contribution in [0.15, 0.2) is 48.5 Å². The molecule has 1 fully saturated rings. The van der Waals surface area contributed by atoms with E-state index in [1.54, 1.807) is 44.6 Å². The number of hydrogen-bond acceptors (Lipinski definition) is 6. The number of nitrogens with one attached hydrogen (secondary N) is 1. The quantitative estimate of drug-likeness (QED) is 0.414. The van der Waals surface area contributed by atoms with Gasteiger partial charge in [-0.1, -0.05) is 42.5 Å². The van der Waals surface area contributed by atoms with Crippen LogP contribution >= 0.6 is 0 Å². The Hall–Kier alpha value is -3.39. The number of benzene rings is 2. The lowest BCUT2D eigenvalue weighted by Crippen LogP contribution is -2.42. The maximum absolute atomic E-state index is 13.5. The number of carbonyl (C=O) groups is 3. The first-order valence-corrected chi connectivity index (χ1v) is 10.8. The molecule has 8 nitrogen and oxygen atoms in total. The molecule has 8 heteroatoms. The summed E-state index contributed by atoms with van der Waals surface area (Å²) in [6.45, 7) is 0.907. The van der Waals surface area contributed by atoms with Crippen molar-refractivity contribution in [1.29, 1.82) is 0 Å². The second-order valence-corrected chi connectivity index (χ2v) is 7.93. The Morgan fingerprint density at radius 1 is 1.03 bits per heavy atom. The molecule has 176 valence electrons. The Morgan fingerprint density at radius 3 is 2.45 bits per heavy atom. The predicted molar refractivity (Wildman–Crippen MR) is 122 cm³/mol. The molecule has 0 radical (unpaired) electrons. The van der Waals surface area contributed by atoms with Crippen molar-refractivity contribution in [3.63, 3.8) is 0 Å². The molecule has 3 rings (SSSR count). The molecule has 1 N–H and O–H groups in total. The van der Waals surface area contributed by atoms with Crippen LogP contribution in [0.4, 0.5) is 0 Å². The number of methoxy groups -OCH3 is 3. The van der Waals surface area contributed by atoms with Gasteiger partial charge in [-0.3, -0.25) is 19.3 Å². The van der Waals surface area contributed by atoms with Crippen LogP contribution in [0.1, 0.15) is 30.4 Å². The van der Waals surface area contributed by atoms with Crippen molar-refractivity contribution in [3.05, 3.63) is 59.7 Å². The number of nitrogens with zero attached hydrogens (tertiary/aromatic N) is 1. The van der Waals surface area contributed by atoms with Gasteiger partial charge in [0, 0.05) is 45.2 Å². The number of carbonyl (C=O) groups excluding carboxylic acids is 3. The third-order valence-electron chi connectivity index (χ3n) is 5.89. The van der Waals surface area contributed by atoms with Gasteiger partial charge in [-0.05, 0) is 18.1 Å². The molecule has 3 amide bonds. The van der Waals surface area contributed by atoms with Crippen LogP contribution in [0.2, 0.25) is 0 Å². The van der Waals surface area contributed by atoms with Gasteiger partial charge in [0.15, 0.2) is 11.5 Å². The summed E-state index contributed by atoms with van der Waals surface area (Å²) in [6.07, 6.45) is 0.369. The molecule has 0 unspecified atom stereocenters. The Balaban J connectivity index is 1.80. The second kappa shape index (κ2) is 11.0. The van der Waals surface area contributed by atoms with E-state index in [0.717, 1.165) is 5.56 Å². The first-order chi connectivity index (χ1) is 16.0. The van der Waals surface area contributed by atoms with Crippen molar-refractivity contribution in [2.24, 2.45) is 0 Å². The number of rotatable bonds is 11. The van der Waals surface area contributed by atoms with E-state index in [4.69, 9.17) is 14.2 Å². The molecular formula is C25H30N2O6. The van der Waals surface area contributed by atoms with Crippen LogP contribution in [-0.2, 0) is 31.1 Å². The van der Waals surface area contributed by atoms with E-state index in [9.17, 15) is 14.4 Å². The van der Waals surface area contributed by atoms with Gasteiger partial charge in [-0.2, -0.15) is 0 Å². The van der Waals surface area contributed by atoms with Crippen molar-refractivity contribution in [2.45, 2.75) is 31.2 Å². The molecule has 33 heavy (non-hydrogen) atoms. The summed E-state index contributed by atoms with van der Waals surface area (Å²) in [4.78, 5) is 40.6. The van der Waals surface area contributed by atoms with E-state index in [0.29, 0.717) is 30.1 Å². The van der Waals surface area contributed by atoms with E-state index >= 15 is 0 Å². The van der Waals surface area contributed by atoms with E-state index < -0.39 is 5.41 Å². The normalized spacial score (nSPS) is 17.8. The van der Waals surface area contributed by atoms with Gasteiger partial charge >= 0.3 is 0 Å². The third-order valence-corrected chi connectivity index (χ3v) is 5.89. The molecule has 0 bridgehead atoms. The Labute approximate surface area is 193 Å². The zero-order chi connectivity index (χ0) is 23.8. The number of likely N-dealkylation sites (tertiary alicyclic amines) is 1. The second-order valence-electron chi connectivity index (χ2n) is 7.93. The molecular weight excluding hydrogens is 424 g/mol. The first kappa shape index (κ1) is 24.3. The van der Waals surface area contributed by atoms with Crippen LogP contribution in [-0.4, -0.2) is 57.1 Å². The number of imide groups is 1. The Morgan fingerprint density at radius 2 is 1.79 bits per heavy atom. The third kappa shape index (κ3) is 5.17. The van der Waals surface area contributed by atoms with Gasteiger partial charge in [0.05, 0.1) is 19.6 Å². The lowest BCUT2D eigenvalue weighted by Gasteiger charge is -2.27. The lowest BCUT2D eigenvalue weighted by molar-refractivity contribution is -0.141. The van der Waals surface area contributed by atoms with Gasteiger partial charge < -0.3 is 19.5 Å². The number of amides is 3. The van der Waals surface area contributed by atoms with Crippen molar-refractivity contribution >= 4 is 17.7 Å². The molecule has 0 saturated carbocycles. The standard InChI is InChI=1S/C25H30N2O6/c1-31-14-8-13-27-22(29)16-25(24(27)30,19-10-5-4-6-11-19)15-21(28)26-17-18-9-7-12-20(32-2)23(18)33-3/h4-7,9-12H,8,13-17H2,1-3H3,(H,26,28)/t25-/m1/s1. The average molecular weight is 455 g/mol. The highest BCUT2D eigenvalue weighted by Gasteiger charge is 2.53. The van der Waals surface area contributed by atoms with Gasteiger partial charge in [0.1, 0.15) is 0 Å². The SMILES string of the molecule is COCCCN1C(=O)C[C@](CC(=O)NCc2cccc(OC)c2OC)(c2ccccc2)C1=O. The van der Waals surface area contributed by atoms with E-state index in [1.165, 1.54) is 12.0 Å². The van der Waals surface area contributed by atoms with Gasteiger partial charge in [0.25, 0.3) is 0 Å². The minimum absolute atomic E-state index is 0.0429. The zero-order valence-electron chi connectivity index (χ0n) is 19.3. The van der Waals surface area contributed by atoms with Gasteiger partial charge in [-0.25, -0.2) is 0 Å². The highest BCUT2D eigenvalue weighted by Crippen LogP contribution is 2.40. The average Bonchev–Trinajstić information content (AvgIpc) is 3.07. The highest BCUT2D eigenvalue weighted by atomic mass is 16.5. The summed E-state index contributed by atoms with van der Waals surface area (Å²) < 4.78 is 15.8. The number of para-hydroxylation sites is 1. The Kier molecular flexibility index (Phi) is 8.06. The molecule has 1 saturated heterocycles. The lowest BCUT2D eigenvalue weighted by atomic mass is 9.75. The predicted octanol–water partition coefficient (Wildman–Crippen LogP) is 2.44. The molecule has 0 aliphatic carbocycles. The van der Waals surface area contributed by atoms with Gasteiger partial charge in [0.2, 0.25) is 17.7 Å². The van der Waals surface area contributed by atoms with Crippen LogP contribution in [0.25, 0.3) is 0 Å². The fourth-order valence-electron chi connectivity index (χ4n) is 4.24. The fourth-order valence-corrected chi connectivity index (χ4v) is 4.24. The summed E-state index contributed by atoms with van der Waals surface area (Å²) in [7, 11) is 4.66. The Bertz CT molecular complexity index is 994. The fraction of sp³-hybridized carbons (Fsp3) is 0.400. The smallest absolute Gasteiger partial charge is 0.240 e. The van der Waals surface area contributed by atoms with Crippen LogP contribution < -0.4 is 14.8 Å². The van der Waals surface area contributed by atoms with E-state index in [1.807, 2.05) is 18.2 Å². The molecule has 2 aromatic carbocycles. The minimum Gasteiger partial charge on any atom is -0.493 e. The summed E-state index contributed by atoms with van der Waals surface area (Å²) in [6, 6.07) is 14.5. The first-order valence-electron chi connectivity index (χ1n) is 10.8. The molecule has 2 aromatic rings. The van der Waals surface area contributed by atoms with Crippen LogP contribution in [0.3, 0.4) is 0 Å². The number of hydrogen-bond donors (Lipinski definition) is 1. The molecule has 1 atom stereocenters. The van der Waals surface area contributed by atoms with Crippen LogP contribution in [0, 0.1) is 0 Å². The summed E-state index contributed by atoms with van der Waals surface area (Å²) in [5, 5.41) is 2.87. The van der Waals surface area contributed by atoms with Crippen molar-refractivity contribution in [3.8, 4) is 11.5 Å². The van der Waals surface area contributed by atoms with Crippen LogP contribution in [0.5, 0.6) is 11.5 Å². The zero-order valence-corrected chi connectivity index (χ0v) is 19.3. The molecule has 1 heterocycles. The summed E-state index contributed by atoms with van der Waals surface area (Å²) in [5.74, 6) is 0.150. The largest absolute Gasteiger partial charge is 0.493 e. The maximum Gasteiger partial charge on any atom is 0.240 e. The summed E-state index contributed by atoms with van der Waals surface area (Å²) in [5.41, 5.74) is 0.175. The van der Waals surface area contributed by atoms with Crippen molar-refractivity contribution in [2.75, 3.05) is 34.5 Å². The monoisotopic (exact) mass is 454 g/mol. The highest BCUT2D eigenvalue weighted by molar-refractivity contribution is 6.10. The van der Waals surface area contributed by atoms with Crippen molar-refractivity contribution in [1.82, 2.24) is 10.2 Å².